The van der Waals surface area contributed by atoms with Gasteiger partial charge in [-0.15, -0.1) is 0 Å². The number of hydrogen-bond donors (Lipinski definition) is 1. The Morgan fingerprint density at radius 2 is 2.24 bits per heavy atom. The quantitative estimate of drug-likeness (QED) is 0.648. The fourth-order valence-electron chi connectivity index (χ4n) is 3.41. The van der Waals surface area contributed by atoms with E-state index in [4.69, 9.17) is 14.0 Å². The van der Waals surface area contributed by atoms with Crippen LogP contribution in [0.2, 0.25) is 0 Å². The van der Waals surface area contributed by atoms with Gasteiger partial charge in [0.2, 0.25) is 5.89 Å². The number of aromatic nitrogens is 2. The van der Waals surface area contributed by atoms with Gasteiger partial charge in [-0.25, -0.2) is 4.79 Å². The number of nitrogens with one attached hydrogen (secondary N) is 1. The Morgan fingerprint density at radius 1 is 1.34 bits per heavy atom. The number of piperidine rings is 1. The summed E-state index contributed by atoms with van der Waals surface area (Å²) in [6.07, 6.45) is 4.17. The van der Waals surface area contributed by atoms with Crippen molar-refractivity contribution >= 4 is 6.03 Å². The summed E-state index contributed by atoms with van der Waals surface area (Å²) in [5.41, 5.74) is 1.15. The molecule has 1 N–H and O–H groups in total. The molecule has 1 aromatic heterocycles. The van der Waals surface area contributed by atoms with Gasteiger partial charge in [0.1, 0.15) is 11.8 Å². The highest BCUT2D eigenvalue weighted by Crippen LogP contribution is 2.29. The SMILES string of the molecule is COCCCNC(=O)N1CCCCC1c1nc(CCOc2cccc(C)c2)no1. The Kier molecular flexibility index (Phi) is 7.86. The van der Waals surface area contributed by atoms with Crippen molar-refractivity contribution in [2.45, 2.75) is 45.1 Å². The minimum Gasteiger partial charge on any atom is -0.493 e. The molecule has 8 nitrogen and oxygen atoms in total. The minimum atomic E-state index is -0.176. The Bertz CT molecular complexity index is 780. The zero-order chi connectivity index (χ0) is 20.5. The second-order valence-corrected chi connectivity index (χ2v) is 7.25. The van der Waals surface area contributed by atoms with Gasteiger partial charge in [0.15, 0.2) is 5.82 Å². The van der Waals surface area contributed by atoms with Gasteiger partial charge in [-0.1, -0.05) is 17.3 Å². The molecule has 1 fully saturated rings. The summed E-state index contributed by atoms with van der Waals surface area (Å²) in [6, 6.07) is 7.66. The molecule has 1 saturated heterocycles. The summed E-state index contributed by atoms with van der Waals surface area (Å²) in [4.78, 5) is 18.9. The number of likely N-dealkylation sites (tertiary alicyclic amines) is 1. The smallest absolute Gasteiger partial charge is 0.318 e. The third-order valence-corrected chi connectivity index (χ3v) is 4.92. The first kappa shape index (κ1) is 21.1. The van der Waals surface area contributed by atoms with Gasteiger partial charge in [0, 0.05) is 33.2 Å². The van der Waals surface area contributed by atoms with Crippen molar-refractivity contribution in [2.75, 3.05) is 33.4 Å². The van der Waals surface area contributed by atoms with Gasteiger partial charge in [-0.2, -0.15) is 4.98 Å². The van der Waals surface area contributed by atoms with Crippen LogP contribution in [0.1, 0.15) is 49.0 Å². The van der Waals surface area contributed by atoms with E-state index in [1.165, 1.54) is 0 Å². The summed E-state index contributed by atoms with van der Waals surface area (Å²) in [5, 5.41) is 7.03. The lowest BCUT2D eigenvalue weighted by Gasteiger charge is -2.33. The molecule has 1 aliphatic heterocycles. The standard InChI is InChI=1S/C21H30N4O4/c1-16-7-5-8-17(15-16)28-14-10-19-23-20(29-24-19)18-9-3-4-12-25(18)21(26)22-11-6-13-27-2/h5,7-8,15,18H,3-4,6,9-14H2,1-2H3,(H,22,26). The molecule has 0 bridgehead atoms. The average Bonchev–Trinajstić information content (AvgIpc) is 3.20. The molecular formula is C21H30N4O4. The van der Waals surface area contributed by atoms with E-state index in [0.717, 1.165) is 37.0 Å². The molecule has 29 heavy (non-hydrogen) atoms. The number of ether oxygens (including phenoxy) is 2. The van der Waals surface area contributed by atoms with Crippen LogP contribution < -0.4 is 10.1 Å². The lowest BCUT2D eigenvalue weighted by molar-refractivity contribution is 0.130. The number of rotatable bonds is 9. The molecule has 1 aromatic carbocycles. The summed E-state index contributed by atoms with van der Waals surface area (Å²) >= 11 is 0. The number of benzene rings is 1. The number of methoxy groups -OCH3 is 1. The van der Waals surface area contributed by atoms with E-state index in [-0.39, 0.29) is 12.1 Å². The minimum absolute atomic E-state index is 0.0895. The van der Waals surface area contributed by atoms with E-state index in [2.05, 4.69) is 15.5 Å². The second-order valence-electron chi connectivity index (χ2n) is 7.25. The van der Waals surface area contributed by atoms with Crippen LogP contribution in [0.4, 0.5) is 4.79 Å². The maximum absolute atomic E-state index is 12.6. The fourth-order valence-corrected chi connectivity index (χ4v) is 3.41. The van der Waals surface area contributed by atoms with Crippen LogP contribution in [0.5, 0.6) is 5.75 Å². The van der Waals surface area contributed by atoms with E-state index in [9.17, 15) is 4.79 Å². The summed E-state index contributed by atoms with van der Waals surface area (Å²) in [6.45, 7) is 4.40. The molecule has 158 valence electrons. The summed E-state index contributed by atoms with van der Waals surface area (Å²) < 4.78 is 16.3. The maximum atomic E-state index is 12.6. The van der Waals surface area contributed by atoms with Crippen LogP contribution in [-0.2, 0) is 11.2 Å². The lowest BCUT2D eigenvalue weighted by Crippen LogP contribution is -2.45. The van der Waals surface area contributed by atoms with Crippen molar-refractivity contribution < 1.29 is 18.8 Å². The zero-order valence-electron chi connectivity index (χ0n) is 17.2. The molecule has 1 unspecified atom stereocenters. The van der Waals surface area contributed by atoms with Crippen LogP contribution in [0.3, 0.4) is 0 Å². The molecule has 8 heteroatoms. The molecule has 0 spiro atoms. The predicted octanol–water partition coefficient (Wildman–Crippen LogP) is 3.27. The van der Waals surface area contributed by atoms with Gasteiger partial charge in [-0.3, -0.25) is 0 Å². The molecule has 0 aliphatic carbocycles. The first-order chi connectivity index (χ1) is 14.2. The van der Waals surface area contributed by atoms with Crippen molar-refractivity contribution in [3.63, 3.8) is 0 Å². The lowest BCUT2D eigenvalue weighted by atomic mass is 10.0. The van der Waals surface area contributed by atoms with E-state index >= 15 is 0 Å². The molecule has 2 amide bonds. The van der Waals surface area contributed by atoms with Crippen molar-refractivity contribution in [3.05, 3.63) is 41.5 Å². The predicted molar refractivity (Wildman–Crippen MR) is 108 cm³/mol. The monoisotopic (exact) mass is 402 g/mol. The van der Waals surface area contributed by atoms with E-state index < -0.39 is 0 Å². The highest BCUT2D eigenvalue weighted by Gasteiger charge is 2.32. The number of carbonyl (C=O) groups is 1. The fraction of sp³-hybridized carbons (Fsp3) is 0.571. The van der Waals surface area contributed by atoms with E-state index in [0.29, 0.717) is 44.4 Å². The molecule has 2 heterocycles. The Morgan fingerprint density at radius 3 is 3.07 bits per heavy atom. The number of hydrogen-bond acceptors (Lipinski definition) is 6. The molecule has 0 radical (unpaired) electrons. The van der Waals surface area contributed by atoms with Gasteiger partial charge in [0.25, 0.3) is 0 Å². The highest BCUT2D eigenvalue weighted by atomic mass is 16.5. The Labute approximate surface area is 171 Å². The molecule has 1 aliphatic rings. The van der Waals surface area contributed by atoms with Crippen LogP contribution in [-0.4, -0.2) is 54.5 Å². The van der Waals surface area contributed by atoms with Gasteiger partial charge < -0.3 is 24.2 Å². The van der Waals surface area contributed by atoms with Crippen LogP contribution in [0.15, 0.2) is 28.8 Å². The van der Waals surface area contributed by atoms with Crippen molar-refractivity contribution in [1.82, 2.24) is 20.4 Å². The second kappa shape index (κ2) is 10.8. The number of carbonyl (C=O) groups excluding carboxylic acids is 1. The largest absolute Gasteiger partial charge is 0.493 e. The molecule has 1 atom stereocenters. The molecular weight excluding hydrogens is 372 g/mol. The number of aryl methyl sites for hydroxylation is 1. The topological polar surface area (TPSA) is 89.7 Å². The van der Waals surface area contributed by atoms with E-state index in [1.807, 2.05) is 31.2 Å². The molecule has 2 aromatic rings. The number of amides is 2. The van der Waals surface area contributed by atoms with Crippen molar-refractivity contribution in [1.29, 1.82) is 0 Å². The van der Waals surface area contributed by atoms with Crippen molar-refractivity contribution in [3.8, 4) is 5.75 Å². The Balaban J connectivity index is 1.53. The average molecular weight is 402 g/mol. The number of urea groups is 1. The first-order valence-electron chi connectivity index (χ1n) is 10.2. The van der Waals surface area contributed by atoms with E-state index in [1.54, 1.807) is 12.0 Å². The van der Waals surface area contributed by atoms with Crippen LogP contribution >= 0.6 is 0 Å². The van der Waals surface area contributed by atoms with Gasteiger partial charge in [-0.05, 0) is 50.3 Å². The normalized spacial score (nSPS) is 16.6. The van der Waals surface area contributed by atoms with Crippen molar-refractivity contribution in [2.24, 2.45) is 0 Å². The Hall–Kier alpha value is -2.61. The first-order valence-corrected chi connectivity index (χ1v) is 10.2. The summed E-state index contributed by atoms with van der Waals surface area (Å²) in [5.74, 6) is 1.93. The zero-order valence-corrected chi connectivity index (χ0v) is 17.2. The molecule has 3 rings (SSSR count). The number of nitrogens with zero attached hydrogens (tertiary/aromatic N) is 3. The van der Waals surface area contributed by atoms with Gasteiger partial charge in [0.05, 0.1) is 6.61 Å². The third kappa shape index (κ3) is 6.19. The maximum Gasteiger partial charge on any atom is 0.318 e. The van der Waals surface area contributed by atoms with Crippen LogP contribution in [0, 0.1) is 6.92 Å². The third-order valence-electron chi connectivity index (χ3n) is 4.92. The van der Waals surface area contributed by atoms with Crippen LogP contribution in [0.25, 0.3) is 0 Å². The highest BCUT2D eigenvalue weighted by molar-refractivity contribution is 5.74. The van der Waals surface area contributed by atoms with Gasteiger partial charge >= 0.3 is 6.03 Å². The summed E-state index contributed by atoms with van der Waals surface area (Å²) in [7, 11) is 1.65. The molecule has 0 saturated carbocycles.